The molecule has 0 rings (SSSR count). The number of carbonyl (C=O) groups excluding carboxylic acids is 4. The van der Waals surface area contributed by atoms with Gasteiger partial charge in [-0.3, -0.25) is 37.3 Å². The van der Waals surface area contributed by atoms with Gasteiger partial charge in [-0.05, 0) is 43.4 Å². The molecule has 19 heteroatoms. The maximum Gasteiger partial charge on any atom is 0.472 e. The number of hydrogen-bond donors (Lipinski definition) is 3. The van der Waals surface area contributed by atoms with Crippen LogP contribution in [0.4, 0.5) is 0 Å². The van der Waals surface area contributed by atoms with Gasteiger partial charge in [-0.25, -0.2) is 9.13 Å². The zero-order valence-corrected chi connectivity index (χ0v) is 53.3. The summed E-state index contributed by atoms with van der Waals surface area (Å²) in [5.41, 5.74) is 0. The number of aliphatic hydroxyl groups is 1. The number of ether oxygens (including phenoxy) is 4. The highest BCUT2D eigenvalue weighted by Gasteiger charge is 2.30. The van der Waals surface area contributed by atoms with Crippen molar-refractivity contribution < 1.29 is 80.2 Å². The standard InChI is InChI=1S/C61H118O17P2/c1-8-10-11-25-35-42-58(63)71-48-56(78-61(66)45-38-31-24-23-28-34-41-54(7)9-2)50-75-79(67,68)73-46-55(62)47-74-80(69,70)76-51-57(49-72-59(64)43-36-29-22-18-20-27-33-40-53(5)6)77-60(65)44-37-30-21-17-15-13-12-14-16-19-26-32-39-52(3)4/h52-57,62H,8-51H2,1-7H3,(H,67,68)(H,69,70)/t54?,55-,56+,57+/m0/s1. The molecule has 0 radical (unpaired) electrons. The molecule has 0 spiro atoms. The maximum atomic E-state index is 12.9. The number of aliphatic hydroxyl groups excluding tert-OH is 1. The fraction of sp³-hybridized carbons (Fsp3) is 0.934. The van der Waals surface area contributed by atoms with E-state index in [1.54, 1.807) is 0 Å². The summed E-state index contributed by atoms with van der Waals surface area (Å²) in [7, 11) is -9.87. The number of unbranched alkanes of at least 4 members (excludes halogenated alkanes) is 26. The molecule has 0 aromatic rings. The lowest BCUT2D eigenvalue weighted by Crippen LogP contribution is -2.30. The number of phosphoric ester groups is 2. The van der Waals surface area contributed by atoms with Crippen LogP contribution in [0.3, 0.4) is 0 Å². The third kappa shape index (κ3) is 54.0. The lowest BCUT2D eigenvalue weighted by molar-refractivity contribution is -0.161. The molecule has 0 fully saturated rings. The van der Waals surface area contributed by atoms with Crippen LogP contribution >= 0.6 is 15.6 Å². The Kier molecular flexibility index (Phi) is 51.3. The van der Waals surface area contributed by atoms with E-state index in [-0.39, 0.29) is 25.7 Å². The molecule has 0 aromatic carbocycles. The average Bonchev–Trinajstić information content (AvgIpc) is 3.41. The van der Waals surface area contributed by atoms with E-state index in [0.29, 0.717) is 31.6 Å². The van der Waals surface area contributed by atoms with Crippen LogP contribution in [0.1, 0.15) is 292 Å². The Hall–Kier alpha value is -1.94. The summed E-state index contributed by atoms with van der Waals surface area (Å²) in [4.78, 5) is 71.8. The molecule has 3 N–H and O–H groups in total. The van der Waals surface area contributed by atoms with Gasteiger partial charge in [0.2, 0.25) is 0 Å². The first kappa shape index (κ1) is 78.1. The Morgan fingerprint density at radius 2 is 0.637 bits per heavy atom. The highest BCUT2D eigenvalue weighted by Crippen LogP contribution is 2.45. The van der Waals surface area contributed by atoms with Gasteiger partial charge in [0.25, 0.3) is 0 Å². The van der Waals surface area contributed by atoms with E-state index < -0.39 is 97.5 Å². The minimum atomic E-state index is -4.94. The van der Waals surface area contributed by atoms with Crippen molar-refractivity contribution in [1.29, 1.82) is 0 Å². The Labute approximate surface area is 486 Å². The second kappa shape index (κ2) is 52.6. The first-order chi connectivity index (χ1) is 38.3. The largest absolute Gasteiger partial charge is 0.472 e. The molecular weight excluding hydrogens is 1070 g/mol. The lowest BCUT2D eigenvalue weighted by atomic mass is 10.00. The van der Waals surface area contributed by atoms with E-state index >= 15 is 0 Å². The van der Waals surface area contributed by atoms with Crippen LogP contribution in [0.2, 0.25) is 0 Å². The molecule has 3 unspecified atom stereocenters. The van der Waals surface area contributed by atoms with Crippen LogP contribution in [0.15, 0.2) is 0 Å². The Morgan fingerprint density at radius 3 is 0.950 bits per heavy atom. The third-order valence-corrected chi connectivity index (χ3v) is 16.1. The van der Waals surface area contributed by atoms with Crippen molar-refractivity contribution in [3.05, 3.63) is 0 Å². The molecule has 6 atom stereocenters. The van der Waals surface area contributed by atoms with Crippen LogP contribution < -0.4 is 0 Å². The molecule has 80 heavy (non-hydrogen) atoms. The number of rotatable bonds is 59. The van der Waals surface area contributed by atoms with Gasteiger partial charge in [0.1, 0.15) is 19.3 Å². The quantitative estimate of drug-likeness (QED) is 0.0222. The molecule has 474 valence electrons. The highest BCUT2D eigenvalue weighted by atomic mass is 31.2. The van der Waals surface area contributed by atoms with Gasteiger partial charge in [0, 0.05) is 25.7 Å². The molecule has 0 saturated carbocycles. The van der Waals surface area contributed by atoms with Crippen molar-refractivity contribution in [2.45, 2.75) is 311 Å². The zero-order chi connectivity index (χ0) is 59.5. The molecule has 0 heterocycles. The number of phosphoric acid groups is 2. The molecule has 0 aliphatic rings. The van der Waals surface area contributed by atoms with Crippen molar-refractivity contribution in [3.63, 3.8) is 0 Å². The average molecular weight is 1190 g/mol. The second-order valence-corrected chi connectivity index (χ2v) is 26.2. The predicted molar refractivity (Wildman–Crippen MR) is 317 cm³/mol. The van der Waals surface area contributed by atoms with E-state index in [1.807, 2.05) is 0 Å². The van der Waals surface area contributed by atoms with Crippen molar-refractivity contribution >= 4 is 39.5 Å². The highest BCUT2D eigenvalue weighted by molar-refractivity contribution is 7.47. The van der Waals surface area contributed by atoms with Gasteiger partial charge in [-0.15, -0.1) is 0 Å². The summed E-state index contributed by atoms with van der Waals surface area (Å²) in [6.07, 6.45) is 32.6. The van der Waals surface area contributed by atoms with Gasteiger partial charge in [-0.1, -0.05) is 241 Å². The number of esters is 4. The molecule has 0 aliphatic heterocycles. The molecule has 0 bridgehead atoms. The number of hydrogen-bond acceptors (Lipinski definition) is 15. The smallest absolute Gasteiger partial charge is 0.462 e. The van der Waals surface area contributed by atoms with Gasteiger partial charge < -0.3 is 33.8 Å². The zero-order valence-electron chi connectivity index (χ0n) is 51.5. The Bertz CT molecular complexity index is 1600. The van der Waals surface area contributed by atoms with Gasteiger partial charge in [0.15, 0.2) is 12.2 Å². The van der Waals surface area contributed by atoms with Crippen LogP contribution in [-0.4, -0.2) is 96.7 Å². The van der Waals surface area contributed by atoms with Gasteiger partial charge in [0.05, 0.1) is 26.4 Å². The van der Waals surface area contributed by atoms with E-state index in [9.17, 15) is 43.2 Å². The summed E-state index contributed by atoms with van der Waals surface area (Å²) in [6, 6.07) is 0. The molecule has 0 amide bonds. The summed E-state index contributed by atoms with van der Waals surface area (Å²) in [5.74, 6) is 0.0488. The topological polar surface area (TPSA) is 237 Å². The normalized spacial score (nSPS) is 14.8. The second-order valence-electron chi connectivity index (χ2n) is 23.3. The fourth-order valence-electron chi connectivity index (χ4n) is 8.92. The molecule has 17 nitrogen and oxygen atoms in total. The van der Waals surface area contributed by atoms with E-state index in [4.69, 9.17) is 37.0 Å². The van der Waals surface area contributed by atoms with E-state index in [2.05, 4.69) is 48.5 Å². The van der Waals surface area contributed by atoms with Crippen molar-refractivity contribution in [2.24, 2.45) is 17.8 Å². The monoisotopic (exact) mass is 1180 g/mol. The van der Waals surface area contributed by atoms with Crippen LogP contribution in [0.25, 0.3) is 0 Å². The summed E-state index contributed by atoms with van der Waals surface area (Å²) in [5, 5.41) is 10.5. The minimum Gasteiger partial charge on any atom is -0.462 e. The molecule has 0 aliphatic carbocycles. The van der Waals surface area contributed by atoms with Crippen LogP contribution in [0.5, 0.6) is 0 Å². The van der Waals surface area contributed by atoms with E-state index in [1.165, 1.54) is 89.9 Å². The van der Waals surface area contributed by atoms with Crippen LogP contribution in [-0.2, 0) is 65.4 Å². The maximum absolute atomic E-state index is 12.9. The van der Waals surface area contributed by atoms with Crippen molar-refractivity contribution in [1.82, 2.24) is 0 Å². The summed E-state index contributed by atoms with van der Waals surface area (Å²) < 4.78 is 67.7. The SMILES string of the molecule is CCCCCCCC(=O)OC[C@H](COP(=O)(O)OC[C@H](O)COP(=O)(O)OC[C@@H](COC(=O)CCCCCCCCCC(C)C)OC(=O)CCCCCCCCCCCCCCC(C)C)OC(=O)CCCCCCCCC(C)CC. The molecule has 0 saturated heterocycles. The van der Waals surface area contributed by atoms with Gasteiger partial charge >= 0.3 is 39.5 Å². The molecule has 0 aromatic heterocycles. The number of carbonyl (C=O) groups is 4. The van der Waals surface area contributed by atoms with Crippen LogP contribution in [0, 0.1) is 17.8 Å². The Morgan fingerprint density at radius 1 is 0.362 bits per heavy atom. The van der Waals surface area contributed by atoms with Gasteiger partial charge in [-0.2, -0.15) is 0 Å². The predicted octanol–water partition coefficient (Wildman–Crippen LogP) is 16.3. The minimum absolute atomic E-state index is 0.101. The lowest BCUT2D eigenvalue weighted by Gasteiger charge is -2.21. The molecular formula is C61H118O17P2. The third-order valence-electron chi connectivity index (χ3n) is 14.2. The summed E-state index contributed by atoms with van der Waals surface area (Å²) in [6.45, 7) is 11.6. The van der Waals surface area contributed by atoms with Crippen molar-refractivity contribution in [2.75, 3.05) is 39.6 Å². The van der Waals surface area contributed by atoms with E-state index in [0.717, 1.165) is 115 Å². The fourth-order valence-corrected chi connectivity index (χ4v) is 10.5. The summed E-state index contributed by atoms with van der Waals surface area (Å²) >= 11 is 0. The first-order valence-corrected chi connectivity index (χ1v) is 34.9. The van der Waals surface area contributed by atoms with Crippen molar-refractivity contribution in [3.8, 4) is 0 Å². The Balaban J connectivity index is 5.18. The first-order valence-electron chi connectivity index (χ1n) is 31.9.